The van der Waals surface area contributed by atoms with Crippen LogP contribution in [0.4, 0.5) is 13.2 Å². The highest BCUT2D eigenvalue weighted by Crippen LogP contribution is 2.38. The van der Waals surface area contributed by atoms with Crippen molar-refractivity contribution in [2.24, 2.45) is 0 Å². The van der Waals surface area contributed by atoms with Crippen LogP contribution in [-0.4, -0.2) is 18.1 Å². The number of halogens is 3. The third-order valence-electron chi connectivity index (χ3n) is 4.41. The molecule has 1 aromatic heterocycles. The highest BCUT2D eigenvalue weighted by molar-refractivity contribution is 5.73. The van der Waals surface area contributed by atoms with Gasteiger partial charge in [-0.25, -0.2) is 4.98 Å². The van der Waals surface area contributed by atoms with Gasteiger partial charge in [-0.2, -0.15) is 13.2 Å². The van der Waals surface area contributed by atoms with Crippen LogP contribution >= 0.6 is 0 Å². The first kappa shape index (κ1) is 14.4. The first-order valence-corrected chi connectivity index (χ1v) is 7.14. The largest absolute Gasteiger partial charge is 0.440 e. The van der Waals surface area contributed by atoms with Crippen LogP contribution in [0.2, 0.25) is 0 Å². The lowest BCUT2D eigenvalue weighted by Crippen LogP contribution is -2.39. The Hall–Kier alpha value is -1.56. The molecule has 1 aliphatic rings. The van der Waals surface area contributed by atoms with Crippen molar-refractivity contribution in [2.75, 3.05) is 13.1 Å². The van der Waals surface area contributed by atoms with Crippen molar-refractivity contribution in [2.45, 2.75) is 37.8 Å². The van der Waals surface area contributed by atoms with E-state index in [1.807, 2.05) is 0 Å². The molecule has 0 radical (unpaired) electrons. The topological polar surface area (TPSA) is 38.1 Å². The van der Waals surface area contributed by atoms with E-state index >= 15 is 0 Å². The lowest BCUT2D eigenvalue weighted by Gasteiger charge is -2.33. The molecule has 0 amide bonds. The van der Waals surface area contributed by atoms with E-state index in [-0.39, 0.29) is 10.9 Å². The second-order valence-corrected chi connectivity index (χ2v) is 5.58. The van der Waals surface area contributed by atoms with Crippen molar-refractivity contribution in [3.8, 4) is 0 Å². The van der Waals surface area contributed by atoms with Crippen molar-refractivity contribution >= 4 is 11.1 Å². The van der Waals surface area contributed by atoms with E-state index in [0.717, 1.165) is 44.5 Å². The van der Waals surface area contributed by atoms with Gasteiger partial charge < -0.3 is 9.73 Å². The SMILES string of the molecule is CCC1(c2nc3cc(C(F)(F)F)ccc3o2)CCNCC1. The summed E-state index contributed by atoms with van der Waals surface area (Å²) in [5.41, 5.74) is -0.149. The minimum atomic E-state index is -4.36. The molecular weight excluding hydrogens is 281 g/mol. The van der Waals surface area contributed by atoms with E-state index in [2.05, 4.69) is 17.2 Å². The molecule has 6 heteroatoms. The molecule has 2 aromatic rings. The number of piperidine rings is 1. The molecule has 1 aromatic carbocycles. The van der Waals surface area contributed by atoms with Gasteiger partial charge in [0.05, 0.1) is 5.56 Å². The fraction of sp³-hybridized carbons (Fsp3) is 0.533. The molecule has 0 spiro atoms. The maximum atomic E-state index is 12.8. The molecule has 21 heavy (non-hydrogen) atoms. The van der Waals surface area contributed by atoms with Gasteiger partial charge in [0, 0.05) is 5.41 Å². The molecule has 114 valence electrons. The highest BCUT2D eigenvalue weighted by atomic mass is 19.4. The van der Waals surface area contributed by atoms with Gasteiger partial charge in [-0.15, -0.1) is 0 Å². The number of rotatable bonds is 2. The summed E-state index contributed by atoms with van der Waals surface area (Å²) in [5, 5.41) is 3.29. The summed E-state index contributed by atoms with van der Waals surface area (Å²) in [7, 11) is 0. The zero-order chi connectivity index (χ0) is 15.1. The highest BCUT2D eigenvalue weighted by Gasteiger charge is 2.37. The third kappa shape index (κ3) is 2.52. The number of nitrogens with one attached hydrogen (secondary N) is 1. The van der Waals surface area contributed by atoms with Crippen LogP contribution in [0.25, 0.3) is 11.1 Å². The Kier molecular flexibility index (Phi) is 3.43. The molecule has 2 heterocycles. The van der Waals surface area contributed by atoms with Gasteiger partial charge in [0.15, 0.2) is 5.58 Å². The predicted molar refractivity (Wildman–Crippen MR) is 73.1 cm³/mol. The van der Waals surface area contributed by atoms with Crippen LogP contribution in [0.3, 0.4) is 0 Å². The fourth-order valence-electron chi connectivity index (χ4n) is 2.95. The lowest BCUT2D eigenvalue weighted by atomic mass is 9.76. The Morgan fingerprint density at radius 2 is 2.00 bits per heavy atom. The Morgan fingerprint density at radius 1 is 1.29 bits per heavy atom. The third-order valence-corrected chi connectivity index (χ3v) is 4.41. The first-order chi connectivity index (χ1) is 9.94. The van der Waals surface area contributed by atoms with Crippen LogP contribution in [-0.2, 0) is 11.6 Å². The Bertz CT molecular complexity index is 642. The second-order valence-electron chi connectivity index (χ2n) is 5.58. The van der Waals surface area contributed by atoms with Gasteiger partial charge in [-0.05, 0) is 50.6 Å². The van der Waals surface area contributed by atoms with Crippen molar-refractivity contribution in [3.05, 3.63) is 29.7 Å². The van der Waals surface area contributed by atoms with Gasteiger partial charge in [0.25, 0.3) is 0 Å². The summed E-state index contributed by atoms with van der Waals surface area (Å²) in [5.74, 6) is 0.570. The molecule has 0 saturated carbocycles. The summed E-state index contributed by atoms with van der Waals surface area (Å²) in [6.45, 7) is 3.82. The van der Waals surface area contributed by atoms with Gasteiger partial charge in [-0.1, -0.05) is 6.92 Å². The van der Waals surface area contributed by atoms with Crippen LogP contribution in [0.1, 0.15) is 37.6 Å². The van der Waals surface area contributed by atoms with Crippen LogP contribution in [0.5, 0.6) is 0 Å². The van der Waals surface area contributed by atoms with E-state index in [0.29, 0.717) is 11.5 Å². The standard InChI is InChI=1S/C15H17F3N2O/c1-2-14(5-7-19-8-6-14)13-20-11-9-10(15(16,17)18)3-4-12(11)21-13/h3-4,9,19H,2,5-8H2,1H3. The van der Waals surface area contributed by atoms with Crippen molar-refractivity contribution < 1.29 is 17.6 Å². The predicted octanol–water partition coefficient (Wildman–Crippen LogP) is 3.88. The monoisotopic (exact) mass is 298 g/mol. The maximum Gasteiger partial charge on any atom is 0.416 e. The normalized spacial score (nSPS) is 19.0. The molecule has 3 rings (SSSR count). The number of nitrogens with zero attached hydrogens (tertiary/aromatic N) is 1. The van der Waals surface area contributed by atoms with Crippen LogP contribution in [0, 0.1) is 0 Å². The van der Waals surface area contributed by atoms with E-state index < -0.39 is 11.7 Å². The first-order valence-electron chi connectivity index (χ1n) is 7.14. The average Bonchev–Trinajstić information content (AvgIpc) is 2.90. The Balaban J connectivity index is 2.04. The summed E-state index contributed by atoms with van der Waals surface area (Å²) in [6, 6.07) is 3.46. The lowest BCUT2D eigenvalue weighted by molar-refractivity contribution is -0.137. The van der Waals surface area contributed by atoms with Gasteiger partial charge in [0.1, 0.15) is 5.52 Å². The fourth-order valence-corrected chi connectivity index (χ4v) is 2.95. The Labute approximate surface area is 120 Å². The molecule has 1 N–H and O–H groups in total. The number of oxazole rings is 1. The Morgan fingerprint density at radius 3 is 2.62 bits per heavy atom. The zero-order valence-corrected chi connectivity index (χ0v) is 11.8. The van der Waals surface area contributed by atoms with Crippen molar-refractivity contribution in [1.82, 2.24) is 10.3 Å². The summed E-state index contributed by atoms with van der Waals surface area (Å²) >= 11 is 0. The number of alkyl halides is 3. The molecule has 1 aliphatic heterocycles. The van der Waals surface area contributed by atoms with Gasteiger partial charge in [-0.3, -0.25) is 0 Å². The quantitative estimate of drug-likeness (QED) is 0.914. The van der Waals surface area contributed by atoms with Crippen LogP contribution < -0.4 is 5.32 Å². The summed E-state index contributed by atoms with van der Waals surface area (Å²) in [6.07, 6.45) is -1.71. The second kappa shape index (κ2) is 5.02. The van der Waals surface area contributed by atoms with Gasteiger partial charge in [0.2, 0.25) is 5.89 Å². The number of aromatic nitrogens is 1. The molecule has 1 fully saturated rings. The maximum absolute atomic E-state index is 12.8. The number of hydrogen-bond donors (Lipinski definition) is 1. The molecule has 0 aliphatic carbocycles. The number of fused-ring (bicyclic) bond motifs is 1. The van der Waals surface area contributed by atoms with Crippen molar-refractivity contribution in [1.29, 1.82) is 0 Å². The van der Waals surface area contributed by atoms with E-state index in [1.54, 1.807) is 0 Å². The summed E-state index contributed by atoms with van der Waals surface area (Å²) in [4.78, 5) is 4.36. The van der Waals surface area contributed by atoms with E-state index in [9.17, 15) is 13.2 Å². The zero-order valence-electron chi connectivity index (χ0n) is 11.8. The average molecular weight is 298 g/mol. The molecule has 0 bridgehead atoms. The van der Waals surface area contributed by atoms with E-state index in [4.69, 9.17) is 4.42 Å². The molecular formula is C15H17F3N2O. The molecule has 0 unspecified atom stereocenters. The molecule has 1 saturated heterocycles. The smallest absolute Gasteiger partial charge is 0.416 e. The minimum Gasteiger partial charge on any atom is -0.440 e. The molecule has 0 atom stereocenters. The van der Waals surface area contributed by atoms with Crippen LogP contribution in [0.15, 0.2) is 22.6 Å². The minimum absolute atomic E-state index is 0.164. The molecule has 3 nitrogen and oxygen atoms in total. The number of hydrogen-bond acceptors (Lipinski definition) is 3. The van der Waals surface area contributed by atoms with Gasteiger partial charge >= 0.3 is 6.18 Å². The summed E-state index contributed by atoms with van der Waals surface area (Å²) < 4.78 is 44.0. The van der Waals surface area contributed by atoms with E-state index in [1.165, 1.54) is 6.07 Å². The van der Waals surface area contributed by atoms with Crippen molar-refractivity contribution in [3.63, 3.8) is 0 Å². The number of benzene rings is 1.